The third-order valence-electron chi connectivity index (χ3n) is 3.76. The van der Waals surface area contributed by atoms with Crippen molar-refractivity contribution in [2.45, 2.75) is 38.1 Å². The lowest BCUT2D eigenvalue weighted by Gasteiger charge is -2.24. The number of halogens is 1. The van der Waals surface area contributed by atoms with Gasteiger partial charge in [0.05, 0.1) is 10.7 Å². The fraction of sp³-hybridized carbons (Fsp3) is 0.400. The molecule has 1 heterocycles. The average Bonchev–Trinajstić information content (AvgIpc) is 2.91. The van der Waals surface area contributed by atoms with Gasteiger partial charge in [0.2, 0.25) is 5.95 Å². The van der Waals surface area contributed by atoms with Crippen molar-refractivity contribution in [3.05, 3.63) is 41.7 Å². The molecule has 0 spiro atoms. The number of imidazole rings is 1. The van der Waals surface area contributed by atoms with E-state index in [4.69, 9.17) is 11.6 Å². The third-order valence-corrected chi connectivity index (χ3v) is 4.09. The Bertz CT molecular complexity index is 544. The van der Waals surface area contributed by atoms with Crippen LogP contribution in [0.1, 0.15) is 38.1 Å². The molecule has 0 unspecified atom stereocenters. The molecule has 0 aliphatic heterocycles. The maximum Gasteiger partial charge on any atom is 0.207 e. The summed E-state index contributed by atoms with van der Waals surface area (Å²) in [7, 11) is 0. The van der Waals surface area contributed by atoms with E-state index in [2.05, 4.69) is 21.1 Å². The van der Waals surface area contributed by atoms with Gasteiger partial charge in [-0.05, 0) is 25.0 Å². The predicted octanol–water partition coefficient (Wildman–Crippen LogP) is 4.79. The van der Waals surface area contributed by atoms with Crippen LogP contribution >= 0.6 is 11.6 Å². The van der Waals surface area contributed by atoms with Crippen LogP contribution in [-0.4, -0.2) is 9.55 Å². The fourth-order valence-corrected chi connectivity index (χ4v) is 2.93. The van der Waals surface area contributed by atoms with Crippen LogP contribution in [0.25, 0.3) is 0 Å². The summed E-state index contributed by atoms with van der Waals surface area (Å²) in [5.74, 6) is 0.889. The normalized spacial score (nSPS) is 16.5. The Hall–Kier alpha value is -1.48. The molecule has 1 aromatic carbocycles. The van der Waals surface area contributed by atoms with Crippen molar-refractivity contribution in [3.8, 4) is 0 Å². The fourth-order valence-electron chi connectivity index (χ4n) is 2.75. The first-order valence-electron chi connectivity index (χ1n) is 6.89. The van der Waals surface area contributed by atoms with Gasteiger partial charge in [-0.1, -0.05) is 43.0 Å². The van der Waals surface area contributed by atoms with Crippen LogP contribution in [-0.2, 0) is 0 Å². The average molecular weight is 276 g/mol. The minimum Gasteiger partial charge on any atom is -0.324 e. The Labute approximate surface area is 118 Å². The number of hydrogen-bond donors (Lipinski definition) is 1. The van der Waals surface area contributed by atoms with Crippen LogP contribution < -0.4 is 5.32 Å². The Balaban J connectivity index is 1.82. The van der Waals surface area contributed by atoms with Gasteiger partial charge in [0.1, 0.15) is 0 Å². The molecule has 2 aromatic rings. The number of anilines is 2. The van der Waals surface area contributed by atoms with Gasteiger partial charge in [-0.25, -0.2) is 4.98 Å². The number of nitrogens with zero attached hydrogens (tertiary/aromatic N) is 2. The highest BCUT2D eigenvalue weighted by Gasteiger charge is 2.18. The summed E-state index contributed by atoms with van der Waals surface area (Å²) in [4.78, 5) is 4.42. The van der Waals surface area contributed by atoms with E-state index in [-0.39, 0.29) is 0 Å². The quantitative estimate of drug-likeness (QED) is 0.873. The molecule has 19 heavy (non-hydrogen) atoms. The molecule has 3 rings (SSSR count). The zero-order valence-corrected chi connectivity index (χ0v) is 11.6. The van der Waals surface area contributed by atoms with Crippen LogP contribution in [0.2, 0.25) is 5.02 Å². The van der Waals surface area contributed by atoms with Crippen molar-refractivity contribution >= 4 is 23.2 Å². The van der Waals surface area contributed by atoms with Crippen LogP contribution in [0, 0.1) is 0 Å². The summed E-state index contributed by atoms with van der Waals surface area (Å²) in [6, 6.07) is 8.34. The molecule has 1 N–H and O–H groups in total. The first-order chi connectivity index (χ1) is 9.34. The smallest absolute Gasteiger partial charge is 0.207 e. The first kappa shape index (κ1) is 12.5. The Kier molecular flexibility index (Phi) is 3.74. The highest BCUT2D eigenvalue weighted by molar-refractivity contribution is 6.33. The van der Waals surface area contributed by atoms with E-state index in [1.165, 1.54) is 32.1 Å². The summed E-state index contributed by atoms with van der Waals surface area (Å²) in [5.41, 5.74) is 0.910. The highest BCUT2D eigenvalue weighted by Crippen LogP contribution is 2.32. The third kappa shape index (κ3) is 2.76. The lowest BCUT2D eigenvalue weighted by molar-refractivity contribution is 0.356. The second-order valence-electron chi connectivity index (χ2n) is 5.05. The number of nitrogens with one attached hydrogen (secondary N) is 1. The summed E-state index contributed by atoms with van der Waals surface area (Å²) in [6.07, 6.45) is 10.4. The van der Waals surface area contributed by atoms with Gasteiger partial charge in [-0.15, -0.1) is 0 Å². The SMILES string of the molecule is Clc1ccccc1Nc1nccn1C1CCCCC1. The lowest BCUT2D eigenvalue weighted by atomic mass is 9.95. The summed E-state index contributed by atoms with van der Waals surface area (Å²) in [6.45, 7) is 0. The Morgan fingerprint density at radius 1 is 1.16 bits per heavy atom. The minimum absolute atomic E-state index is 0.571. The summed E-state index contributed by atoms with van der Waals surface area (Å²) in [5, 5.41) is 4.06. The van der Waals surface area contributed by atoms with E-state index in [1.807, 2.05) is 30.5 Å². The van der Waals surface area contributed by atoms with Crippen LogP contribution in [0.4, 0.5) is 11.6 Å². The van der Waals surface area contributed by atoms with E-state index in [1.54, 1.807) is 0 Å². The number of benzene rings is 1. The maximum absolute atomic E-state index is 6.18. The minimum atomic E-state index is 0.571. The Morgan fingerprint density at radius 3 is 2.74 bits per heavy atom. The molecule has 1 saturated carbocycles. The second-order valence-corrected chi connectivity index (χ2v) is 5.46. The van der Waals surface area contributed by atoms with E-state index >= 15 is 0 Å². The molecule has 0 saturated heterocycles. The molecule has 0 bridgehead atoms. The van der Waals surface area contributed by atoms with Crippen molar-refractivity contribution in [2.24, 2.45) is 0 Å². The summed E-state index contributed by atoms with van der Waals surface area (Å²) < 4.78 is 2.25. The predicted molar refractivity (Wildman–Crippen MR) is 79.1 cm³/mol. The van der Waals surface area contributed by atoms with Crippen molar-refractivity contribution < 1.29 is 0 Å². The van der Waals surface area contributed by atoms with Gasteiger partial charge in [-0.2, -0.15) is 0 Å². The number of hydrogen-bond acceptors (Lipinski definition) is 2. The molecular weight excluding hydrogens is 258 g/mol. The molecular formula is C15H18ClN3. The van der Waals surface area contributed by atoms with Crippen LogP contribution in [0.3, 0.4) is 0 Å². The van der Waals surface area contributed by atoms with E-state index in [9.17, 15) is 0 Å². The number of para-hydroxylation sites is 1. The van der Waals surface area contributed by atoms with Crippen molar-refractivity contribution in [2.75, 3.05) is 5.32 Å². The zero-order chi connectivity index (χ0) is 13.1. The van der Waals surface area contributed by atoms with Gasteiger partial charge in [-0.3, -0.25) is 0 Å². The molecule has 3 nitrogen and oxygen atoms in total. The number of rotatable bonds is 3. The van der Waals surface area contributed by atoms with Crippen molar-refractivity contribution in [1.29, 1.82) is 0 Å². The van der Waals surface area contributed by atoms with Crippen LogP contribution in [0.15, 0.2) is 36.7 Å². The largest absolute Gasteiger partial charge is 0.324 e. The zero-order valence-electron chi connectivity index (χ0n) is 10.8. The van der Waals surface area contributed by atoms with Gasteiger partial charge in [0.15, 0.2) is 0 Å². The molecule has 1 aliphatic rings. The Morgan fingerprint density at radius 2 is 1.95 bits per heavy atom. The monoisotopic (exact) mass is 275 g/mol. The van der Waals surface area contributed by atoms with Crippen LogP contribution in [0.5, 0.6) is 0 Å². The standard InChI is InChI=1S/C15H18ClN3/c16-13-8-4-5-9-14(13)18-15-17-10-11-19(15)12-6-2-1-3-7-12/h4-5,8-12H,1-3,6-7H2,(H,17,18). The van der Waals surface area contributed by atoms with Gasteiger partial charge in [0.25, 0.3) is 0 Å². The highest BCUT2D eigenvalue weighted by atomic mass is 35.5. The van der Waals surface area contributed by atoms with Crippen molar-refractivity contribution in [1.82, 2.24) is 9.55 Å². The molecule has 1 fully saturated rings. The van der Waals surface area contributed by atoms with Gasteiger partial charge >= 0.3 is 0 Å². The molecule has 0 atom stereocenters. The topological polar surface area (TPSA) is 29.9 Å². The van der Waals surface area contributed by atoms with Gasteiger partial charge < -0.3 is 9.88 Å². The lowest BCUT2D eigenvalue weighted by Crippen LogP contribution is -2.14. The first-order valence-corrected chi connectivity index (χ1v) is 7.27. The van der Waals surface area contributed by atoms with E-state index in [0.29, 0.717) is 6.04 Å². The van der Waals surface area contributed by atoms with Crippen molar-refractivity contribution in [3.63, 3.8) is 0 Å². The molecule has 1 aliphatic carbocycles. The van der Waals surface area contributed by atoms with Gasteiger partial charge in [0, 0.05) is 18.4 Å². The second kappa shape index (κ2) is 5.66. The molecule has 1 aromatic heterocycles. The maximum atomic E-state index is 6.18. The molecule has 0 radical (unpaired) electrons. The van der Waals surface area contributed by atoms with E-state index in [0.717, 1.165) is 16.7 Å². The summed E-state index contributed by atoms with van der Waals surface area (Å²) >= 11 is 6.18. The number of aromatic nitrogens is 2. The van der Waals surface area contributed by atoms with E-state index < -0.39 is 0 Å². The molecule has 100 valence electrons. The molecule has 0 amide bonds. The molecule has 4 heteroatoms.